The molecule has 0 aromatic heterocycles. The maximum absolute atomic E-state index is 10.5. The molecule has 0 aromatic rings. The van der Waals surface area contributed by atoms with Gasteiger partial charge in [0.05, 0.1) is 10.8 Å². The number of carbonyl (C=O) groups is 1. The first-order valence-electron chi connectivity index (χ1n) is 4.37. The standard InChI is InChI=1S/C10H12O3S/c1-7(10(11)12)6-13-8-4-2-3-5-9(8)14/h2-4,7H,5-6H2,1H3,(H,11,12). The van der Waals surface area contributed by atoms with E-state index in [0.717, 1.165) is 4.86 Å². The average molecular weight is 212 g/mol. The lowest BCUT2D eigenvalue weighted by molar-refractivity contribution is -0.142. The molecule has 1 aliphatic rings. The van der Waals surface area contributed by atoms with Gasteiger partial charge in [0, 0.05) is 6.42 Å². The maximum atomic E-state index is 10.5. The van der Waals surface area contributed by atoms with Crippen molar-refractivity contribution in [1.29, 1.82) is 0 Å². The third-order valence-corrected chi connectivity index (χ3v) is 2.24. The largest absolute Gasteiger partial charge is 0.492 e. The van der Waals surface area contributed by atoms with Crippen LogP contribution in [0, 0.1) is 5.92 Å². The molecule has 1 aliphatic carbocycles. The molecule has 76 valence electrons. The van der Waals surface area contributed by atoms with Gasteiger partial charge in [-0.15, -0.1) is 0 Å². The van der Waals surface area contributed by atoms with E-state index in [2.05, 4.69) is 0 Å². The van der Waals surface area contributed by atoms with Crippen molar-refractivity contribution in [3.05, 3.63) is 24.0 Å². The number of carboxylic acids is 1. The molecule has 1 rings (SSSR count). The number of hydrogen-bond acceptors (Lipinski definition) is 3. The van der Waals surface area contributed by atoms with Gasteiger partial charge < -0.3 is 9.84 Å². The smallest absolute Gasteiger partial charge is 0.309 e. The van der Waals surface area contributed by atoms with Crippen LogP contribution in [0.1, 0.15) is 13.3 Å². The molecule has 0 saturated carbocycles. The summed E-state index contributed by atoms with van der Waals surface area (Å²) in [6.45, 7) is 1.76. The molecular formula is C10H12O3S. The Hall–Kier alpha value is -1.16. The predicted molar refractivity (Wildman–Crippen MR) is 57.2 cm³/mol. The highest BCUT2D eigenvalue weighted by molar-refractivity contribution is 7.80. The zero-order valence-corrected chi connectivity index (χ0v) is 8.71. The lowest BCUT2D eigenvalue weighted by Gasteiger charge is -2.14. The number of allylic oxidation sites excluding steroid dienone is 4. The summed E-state index contributed by atoms with van der Waals surface area (Å²) >= 11 is 5.05. The molecule has 0 spiro atoms. The van der Waals surface area contributed by atoms with Crippen LogP contribution in [-0.4, -0.2) is 22.5 Å². The Morgan fingerprint density at radius 2 is 2.50 bits per heavy atom. The van der Waals surface area contributed by atoms with Gasteiger partial charge >= 0.3 is 5.97 Å². The number of thiocarbonyl (C=S) groups is 1. The summed E-state index contributed by atoms with van der Waals surface area (Å²) in [5.41, 5.74) is 0. The molecule has 0 fully saturated rings. The minimum atomic E-state index is -0.858. The lowest BCUT2D eigenvalue weighted by atomic mass is 10.1. The van der Waals surface area contributed by atoms with Gasteiger partial charge in [0.2, 0.25) is 0 Å². The van der Waals surface area contributed by atoms with E-state index in [1.54, 1.807) is 13.0 Å². The van der Waals surface area contributed by atoms with E-state index in [0.29, 0.717) is 12.2 Å². The zero-order valence-electron chi connectivity index (χ0n) is 7.90. The number of rotatable bonds is 4. The zero-order chi connectivity index (χ0) is 10.6. The van der Waals surface area contributed by atoms with Crippen LogP contribution >= 0.6 is 12.2 Å². The molecule has 3 nitrogen and oxygen atoms in total. The molecule has 1 N–H and O–H groups in total. The molecule has 0 bridgehead atoms. The van der Waals surface area contributed by atoms with E-state index in [4.69, 9.17) is 22.1 Å². The summed E-state index contributed by atoms with van der Waals surface area (Å²) in [4.78, 5) is 11.2. The fraction of sp³-hybridized carbons (Fsp3) is 0.400. The number of aliphatic carboxylic acids is 1. The summed E-state index contributed by atoms with van der Waals surface area (Å²) in [6, 6.07) is 0. The van der Waals surface area contributed by atoms with E-state index in [-0.39, 0.29) is 6.61 Å². The second-order valence-electron chi connectivity index (χ2n) is 3.14. The van der Waals surface area contributed by atoms with E-state index in [9.17, 15) is 4.79 Å². The highest BCUT2D eigenvalue weighted by atomic mass is 32.1. The Labute approximate surface area is 88.1 Å². The number of ether oxygens (including phenoxy) is 1. The van der Waals surface area contributed by atoms with Gasteiger partial charge in [-0.25, -0.2) is 0 Å². The second kappa shape index (κ2) is 4.91. The molecule has 0 aliphatic heterocycles. The summed E-state index contributed by atoms with van der Waals surface area (Å²) in [5.74, 6) is -0.747. The fourth-order valence-electron chi connectivity index (χ4n) is 0.939. The van der Waals surface area contributed by atoms with Gasteiger partial charge in [-0.2, -0.15) is 0 Å². The monoisotopic (exact) mass is 212 g/mol. The van der Waals surface area contributed by atoms with Crippen molar-refractivity contribution in [3.8, 4) is 0 Å². The van der Waals surface area contributed by atoms with Crippen LogP contribution < -0.4 is 0 Å². The topological polar surface area (TPSA) is 46.5 Å². The van der Waals surface area contributed by atoms with Gasteiger partial charge in [-0.05, 0) is 13.0 Å². The van der Waals surface area contributed by atoms with Crippen LogP contribution in [0.2, 0.25) is 0 Å². The van der Waals surface area contributed by atoms with Crippen molar-refractivity contribution in [2.24, 2.45) is 5.92 Å². The predicted octanol–water partition coefficient (Wildman–Crippen LogP) is 1.94. The fourth-order valence-corrected chi connectivity index (χ4v) is 1.16. The van der Waals surface area contributed by atoms with Gasteiger partial charge in [0.1, 0.15) is 12.4 Å². The van der Waals surface area contributed by atoms with Crippen molar-refractivity contribution >= 4 is 23.1 Å². The Balaban J connectivity index is 2.45. The molecule has 0 radical (unpaired) electrons. The van der Waals surface area contributed by atoms with Gasteiger partial charge in [-0.1, -0.05) is 24.4 Å². The second-order valence-corrected chi connectivity index (χ2v) is 3.63. The Morgan fingerprint density at radius 3 is 3.07 bits per heavy atom. The van der Waals surface area contributed by atoms with Crippen molar-refractivity contribution in [2.75, 3.05) is 6.61 Å². The third-order valence-electron chi connectivity index (χ3n) is 1.87. The van der Waals surface area contributed by atoms with Crippen molar-refractivity contribution in [3.63, 3.8) is 0 Å². The summed E-state index contributed by atoms with van der Waals surface area (Å²) in [7, 11) is 0. The normalized spacial score (nSPS) is 17.5. The molecular weight excluding hydrogens is 200 g/mol. The van der Waals surface area contributed by atoms with E-state index in [1.807, 2.05) is 12.2 Å². The minimum absolute atomic E-state index is 0.162. The van der Waals surface area contributed by atoms with Crippen LogP contribution in [0.3, 0.4) is 0 Å². The van der Waals surface area contributed by atoms with Crippen LogP contribution in [0.4, 0.5) is 0 Å². The minimum Gasteiger partial charge on any atom is -0.492 e. The van der Waals surface area contributed by atoms with Crippen LogP contribution in [0.5, 0.6) is 0 Å². The summed E-state index contributed by atoms with van der Waals surface area (Å²) in [5, 5.41) is 8.63. The Bertz CT molecular complexity index is 304. The van der Waals surface area contributed by atoms with Crippen molar-refractivity contribution in [1.82, 2.24) is 0 Å². The summed E-state index contributed by atoms with van der Waals surface area (Å²) in [6.07, 6.45) is 6.26. The first-order valence-corrected chi connectivity index (χ1v) is 4.77. The number of hydrogen-bond donors (Lipinski definition) is 1. The van der Waals surface area contributed by atoms with E-state index in [1.165, 1.54) is 0 Å². The highest BCUT2D eigenvalue weighted by Crippen LogP contribution is 2.12. The van der Waals surface area contributed by atoms with Crippen molar-refractivity contribution < 1.29 is 14.6 Å². The quantitative estimate of drug-likeness (QED) is 0.723. The van der Waals surface area contributed by atoms with E-state index < -0.39 is 11.9 Å². The van der Waals surface area contributed by atoms with Gasteiger partial charge in [0.15, 0.2) is 0 Å². The maximum Gasteiger partial charge on any atom is 0.309 e. The third kappa shape index (κ3) is 2.96. The van der Waals surface area contributed by atoms with E-state index >= 15 is 0 Å². The molecule has 1 unspecified atom stereocenters. The molecule has 0 aromatic carbocycles. The lowest BCUT2D eigenvalue weighted by Crippen LogP contribution is -2.18. The molecule has 1 atom stereocenters. The summed E-state index contributed by atoms with van der Waals surface area (Å²) < 4.78 is 5.31. The Morgan fingerprint density at radius 1 is 1.79 bits per heavy atom. The van der Waals surface area contributed by atoms with Gasteiger partial charge in [-0.3, -0.25) is 4.79 Å². The SMILES string of the molecule is CC(COC1=CC=CCC1=S)C(=O)O. The molecule has 0 heterocycles. The van der Waals surface area contributed by atoms with Crippen LogP contribution in [-0.2, 0) is 9.53 Å². The first-order chi connectivity index (χ1) is 6.61. The first kappa shape index (κ1) is 10.9. The van der Waals surface area contributed by atoms with Crippen molar-refractivity contribution in [2.45, 2.75) is 13.3 Å². The highest BCUT2D eigenvalue weighted by Gasteiger charge is 2.14. The average Bonchev–Trinajstić information content (AvgIpc) is 2.16. The van der Waals surface area contributed by atoms with Crippen LogP contribution in [0.25, 0.3) is 0 Å². The molecule has 0 amide bonds. The van der Waals surface area contributed by atoms with Gasteiger partial charge in [0.25, 0.3) is 0 Å². The van der Waals surface area contributed by atoms with Crippen LogP contribution in [0.15, 0.2) is 24.0 Å². The molecule has 4 heteroatoms. The Kier molecular flexibility index (Phi) is 3.83. The molecule has 0 saturated heterocycles. The number of carboxylic acid groups (broad SMARTS) is 1. The molecule has 14 heavy (non-hydrogen) atoms.